The molecule has 2 N–H and O–H groups in total. The van der Waals surface area contributed by atoms with E-state index in [-0.39, 0.29) is 17.2 Å². The van der Waals surface area contributed by atoms with E-state index in [2.05, 4.69) is 16.6 Å². The van der Waals surface area contributed by atoms with Crippen molar-refractivity contribution in [3.05, 3.63) is 48.5 Å². The summed E-state index contributed by atoms with van der Waals surface area (Å²) < 4.78 is 37.9. The van der Waals surface area contributed by atoms with Crippen molar-refractivity contribution >= 4 is 21.6 Å². The van der Waals surface area contributed by atoms with Crippen LogP contribution in [0.15, 0.2) is 53.4 Å². The molecular formula is C22H27N3O6S. The summed E-state index contributed by atoms with van der Waals surface area (Å²) in [7, 11) is -0.0848. The molecule has 2 rings (SSSR count). The first-order valence-electron chi connectivity index (χ1n) is 9.74. The fourth-order valence-electron chi connectivity index (χ4n) is 2.40. The third kappa shape index (κ3) is 7.86. The molecule has 0 atom stereocenters. The van der Waals surface area contributed by atoms with E-state index in [0.29, 0.717) is 23.2 Å². The van der Waals surface area contributed by atoms with Crippen molar-refractivity contribution in [2.24, 2.45) is 0 Å². The van der Waals surface area contributed by atoms with Gasteiger partial charge in [0.1, 0.15) is 24.7 Å². The number of hydrogen-bond donors (Lipinski definition) is 2. The molecule has 10 heteroatoms. The third-order valence-corrected chi connectivity index (χ3v) is 5.58. The van der Waals surface area contributed by atoms with Gasteiger partial charge in [-0.1, -0.05) is 5.92 Å². The lowest BCUT2D eigenvalue weighted by Crippen LogP contribution is -2.38. The van der Waals surface area contributed by atoms with Gasteiger partial charge in [-0.05, 0) is 69.6 Å². The molecule has 2 aromatic carbocycles. The summed E-state index contributed by atoms with van der Waals surface area (Å²) >= 11 is 0. The number of benzene rings is 2. The second-order valence-electron chi connectivity index (χ2n) is 6.86. The van der Waals surface area contributed by atoms with Gasteiger partial charge in [0.25, 0.3) is 5.91 Å². The molecule has 0 aliphatic heterocycles. The predicted molar refractivity (Wildman–Crippen MR) is 120 cm³/mol. The fraction of sp³-hybridized carbons (Fsp3) is 0.318. The standard InChI is InChI=1S/C22H27N3O6S/c1-4-5-15-30-20-10-12-21(13-11-20)32(28,29)23-17-22(26)25(27)18-6-8-19(9-7-18)31-16-14-24(2)3/h6-13,23,27H,14-17H2,1-3H3. The van der Waals surface area contributed by atoms with Crippen molar-refractivity contribution in [3.63, 3.8) is 0 Å². The molecule has 1 amide bonds. The number of nitrogens with one attached hydrogen (secondary N) is 1. The maximum atomic E-state index is 12.4. The molecule has 0 aliphatic carbocycles. The van der Waals surface area contributed by atoms with Crippen molar-refractivity contribution in [1.82, 2.24) is 9.62 Å². The molecule has 0 unspecified atom stereocenters. The Morgan fingerprint density at radius 3 is 2.22 bits per heavy atom. The summed E-state index contributed by atoms with van der Waals surface area (Å²) in [4.78, 5) is 14.2. The second-order valence-corrected chi connectivity index (χ2v) is 8.63. The Bertz CT molecular complexity index is 1040. The smallest absolute Gasteiger partial charge is 0.265 e. The van der Waals surface area contributed by atoms with Crippen LogP contribution in [-0.2, 0) is 14.8 Å². The molecule has 0 radical (unpaired) electrons. The summed E-state index contributed by atoms with van der Waals surface area (Å²) in [6, 6.07) is 11.9. The van der Waals surface area contributed by atoms with Crippen LogP contribution in [0.3, 0.4) is 0 Å². The minimum absolute atomic E-state index is 0.0389. The van der Waals surface area contributed by atoms with Crippen LogP contribution in [-0.4, -0.2) is 64.8 Å². The van der Waals surface area contributed by atoms with Gasteiger partial charge in [0.15, 0.2) is 0 Å². The number of likely N-dealkylation sites (N-methyl/N-ethyl adjacent to an activating group) is 1. The molecule has 32 heavy (non-hydrogen) atoms. The van der Waals surface area contributed by atoms with Crippen LogP contribution in [0.4, 0.5) is 5.69 Å². The van der Waals surface area contributed by atoms with Crippen LogP contribution in [0.1, 0.15) is 6.92 Å². The van der Waals surface area contributed by atoms with Gasteiger partial charge in [-0.25, -0.2) is 13.1 Å². The van der Waals surface area contributed by atoms with E-state index in [0.717, 1.165) is 6.54 Å². The zero-order valence-corrected chi connectivity index (χ0v) is 19.1. The summed E-state index contributed by atoms with van der Waals surface area (Å²) in [6.45, 7) is 2.51. The first-order chi connectivity index (χ1) is 15.2. The van der Waals surface area contributed by atoms with Crippen molar-refractivity contribution in [1.29, 1.82) is 0 Å². The molecular weight excluding hydrogens is 434 g/mol. The van der Waals surface area contributed by atoms with E-state index < -0.39 is 22.5 Å². The molecule has 0 aliphatic rings. The van der Waals surface area contributed by atoms with Gasteiger partial charge < -0.3 is 14.4 Å². The van der Waals surface area contributed by atoms with E-state index in [4.69, 9.17) is 9.47 Å². The van der Waals surface area contributed by atoms with Gasteiger partial charge >= 0.3 is 0 Å². The Morgan fingerprint density at radius 1 is 1.03 bits per heavy atom. The number of carbonyl (C=O) groups excluding carboxylic acids is 1. The number of amides is 1. The first kappa shape index (κ1) is 25.2. The van der Waals surface area contributed by atoms with Crippen molar-refractivity contribution in [2.75, 3.05) is 45.5 Å². The van der Waals surface area contributed by atoms with E-state index >= 15 is 0 Å². The molecule has 9 nitrogen and oxygen atoms in total. The molecule has 0 bridgehead atoms. The highest BCUT2D eigenvalue weighted by Gasteiger charge is 2.19. The van der Waals surface area contributed by atoms with Crippen LogP contribution in [0.25, 0.3) is 0 Å². The Kier molecular flexibility index (Phi) is 9.49. The molecule has 2 aromatic rings. The number of carbonyl (C=O) groups is 1. The first-order valence-corrected chi connectivity index (χ1v) is 11.2. The summed E-state index contributed by atoms with van der Waals surface area (Å²) in [6.07, 6.45) is 0. The number of rotatable bonds is 11. The average molecular weight is 462 g/mol. The van der Waals surface area contributed by atoms with E-state index in [1.165, 1.54) is 36.4 Å². The quantitative estimate of drug-likeness (QED) is 0.298. The van der Waals surface area contributed by atoms with Gasteiger partial charge in [0, 0.05) is 6.54 Å². The topological polar surface area (TPSA) is 108 Å². The van der Waals surface area contributed by atoms with Crippen LogP contribution < -0.4 is 19.3 Å². The van der Waals surface area contributed by atoms with Crippen LogP contribution in [0.2, 0.25) is 0 Å². The maximum Gasteiger partial charge on any atom is 0.265 e. The van der Waals surface area contributed by atoms with Crippen LogP contribution in [0, 0.1) is 11.8 Å². The summed E-state index contributed by atoms with van der Waals surface area (Å²) in [5, 5.41) is 10.5. The predicted octanol–water partition coefficient (Wildman–Crippen LogP) is 1.73. The van der Waals surface area contributed by atoms with E-state index in [1.807, 2.05) is 19.0 Å². The lowest BCUT2D eigenvalue weighted by molar-refractivity contribution is -0.122. The number of hydroxylamine groups is 1. The van der Waals surface area contributed by atoms with Gasteiger partial charge in [0.05, 0.1) is 17.1 Å². The highest BCUT2D eigenvalue weighted by Crippen LogP contribution is 2.19. The molecule has 0 heterocycles. The molecule has 0 fully saturated rings. The van der Waals surface area contributed by atoms with E-state index in [9.17, 15) is 18.4 Å². The number of anilines is 1. The summed E-state index contributed by atoms with van der Waals surface area (Å²) in [5.74, 6) is 5.65. The normalized spacial score (nSPS) is 10.9. The zero-order valence-electron chi connectivity index (χ0n) is 18.2. The SMILES string of the molecule is CC#CCOc1ccc(S(=O)(=O)NCC(=O)N(O)c2ccc(OCCN(C)C)cc2)cc1. The number of hydrogen-bond acceptors (Lipinski definition) is 7. The van der Waals surface area contributed by atoms with Crippen molar-refractivity contribution in [3.8, 4) is 23.3 Å². The lowest BCUT2D eigenvalue weighted by Gasteiger charge is -2.16. The average Bonchev–Trinajstić information content (AvgIpc) is 2.78. The van der Waals surface area contributed by atoms with Gasteiger partial charge in [-0.2, -0.15) is 5.06 Å². The van der Waals surface area contributed by atoms with Crippen molar-refractivity contribution < 1.29 is 27.9 Å². The Labute approximate surface area is 188 Å². The number of nitrogens with zero attached hydrogens (tertiary/aromatic N) is 2. The summed E-state index contributed by atoms with van der Waals surface area (Å²) in [5.41, 5.74) is 0.186. The zero-order chi connectivity index (χ0) is 23.6. The third-order valence-electron chi connectivity index (χ3n) is 4.16. The fourth-order valence-corrected chi connectivity index (χ4v) is 3.37. The minimum Gasteiger partial charge on any atom is -0.492 e. The Balaban J connectivity index is 1.90. The monoisotopic (exact) mass is 461 g/mol. The second kappa shape index (κ2) is 12.1. The maximum absolute atomic E-state index is 12.4. The molecule has 0 saturated carbocycles. The largest absolute Gasteiger partial charge is 0.492 e. The lowest BCUT2D eigenvalue weighted by atomic mass is 10.3. The molecule has 172 valence electrons. The van der Waals surface area contributed by atoms with Crippen LogP contribution >= 0.6 is 0 Å². The van der Waals surface area contributed by atoms with Gasteiger partial charge in [0.2, 0.25) is 10.0 Å². The van der Waals surface area contributed by atoms with Gasteiger partial charge in [-0.3, -0.25) is 10.0 Å². The van der Waals surface area contributed by atoms with Crippen molar-refractivity contribution in [2.45, 2.75) is 11.8 Å². The number of sulfonamides is 1. The minimum atomic E-state index is -3.95. The van der Waals surface area contributed by atoms with E-state index in [1.54, 1.807) is 19.1 Å². The number of ether oxygens (including phenoxy) is 2. The molecule has 0 saturated heterocycles. The molecule has 0 spiro atoms. The van der Waals surface area contributed by atoms with Crippen LogP contribution in [0.5, 0.6) is 11.5 Å². The molecule has 0 aromatic heterocycles. The van der Waals surface area contributed by atoms with Gasteiger partial charge in [-0.15, -0.1) is 5.92 Å². The Morgan fingerprint density at radius 2 is 1.62 bits per heavy atom. The highest BCUT2D eigenvalue weighted by molar-refractivity contribution is 7.89. The Hall–Kier alpha value is -3.10. The highest BCUT2D eigenvalue weighted by atomic mass is 32.2.